The van der Waals surface area contributed by atoms with E-state index in [0.717, 1.165) is 4.47 Å². The third-order valence-corrected chi connectivity index (χ3v) is 3.01. The van der Waals surface area contributed by atoms with Gasteiger partial charge >= 0.3 is 0 Å². The van der Waals surface area contributed by atoms with Crippen molar-refractivity contribution in [2.45, 2.75) is 12.5 Å². The highest BCUT2D eigenvalue weighted by Gasteiger charge is 2.13. The minimum absolute atomic E-state index is 0.256. The maximum Gasteiger partial charge on any atom is 0.183 e. The summed E-state index contributed by atoms with van der Waals surface area (Å²) in [6.45, 7) is 0. The minimum atomic E-state index is -0.724. The molecule has 12 heavy (non-hydrogen) atoms. The van der Waals surface area contributed by atoms with E-state index < -0.39 is 6.10 Å². The molecule has 0 saturated heterocycles. The van der Waals surface area contributed by atoms with Gasteiger partial charge in [0.1, 0.15) is 11.9 Å². The van der Waals surface area contributed by atoms with Crippen LogP contribution in [0.25, 0.3) is 0 Å². The van der Waals surface area contributed by atoms with Crippen LogP contribution in [0.15, 0.2) is 19.6 Å². The van der Waals surface area contributed by atoms with Crippen molar-refractivity contribution in [2.24, 2.45) is 0 Å². The molecule has 1 aromatic heterocycles. The Morgan fingerprint density at radius 1 is 1.67 bits per heavy atom. The molecule has 0 spiro atoms. The smallest absolute Gasteiger partial charge is 0.183 e. The largest absolute Gasteiger partial charge is 0.450 e. The van der Waals surface area contributed by atoms with Crippen LogP contribution in [0, 0.1) is 12.3 Å². The standard InChI is InChI=1S/C8H6Br2O2/c1-2-3-6(11)7-4-5(9)8(10)12-7/h1,4,6,11H,3H2. The Labute approximate surface area is 87.2 Å². The van der Waals surface area contributed by atoms with E-state index in [1.807, 2.05) is 0 Å². The highest BCUT2D eigenvalue weighted by atomic mass is 79.9. The number of hydrogen-bond donors (Lipinski definition) is 1. The molecule has 1 atom stereocenters. The summed E-state index contributed by atoms with van der Waals surface area (Å²) in [6.07, 6.45) is 4.57. The molecule has 0 radical (unpaired) electrons. The van der Waals surface area contributed by atoms with Crippen LogP contribution in [0.1, 0.15) is 18.3 Å². The van der Waals surface area contributed by atoms with Gasteiger partial charge in [-0.15, -0.1) is 12.3 Å². The number of hydrogen-bond acceptors (Lipinski definition) is 2. The fourth-order valence-corrected chi connectivity index (χ4v) is 1.35. The maximum absolute atomic E-state index is 9.38. The second-order valence-corrected chi connectivity index (χ2v) is 3.77. The predicted molar refractivity (Wildman–Crippen MR) is 52.5 cm³/mol. The van der Waals surface area contributed by atoms with Gasteiger partial charge in [-0.2, -0.15) is 0 Å². The van der Waals surface area contributed by atoms with E-state index in [1.54, 1.807) is 6.07 Å². The topological polar surface area (TPSA) is 33.4 Å². The first-order chi connectivity index (χ1) is 5.65. The maximum atomic E-state index is 9.38. The quantitative estimate of drug-likeness (QED) is 0.851. The van der Waals surface area contributed by atoms with E-state index in [9.17, 15) is 5.11 Å². The Morgan fingerprint density at radius 2 is 2.33 bits per heavy atom. The molecule has 1 rings (SSSR count). The van der Waals surface area contributed by atoms with E-state index in [-0.39, 0.29) is 6.42 Å². The van der Waals surface area contributed by atoms with Crippen molar-refractivity contribution in [1.29, 1.82) is 0 Å². The highest BCUT2D eigenvalue weighted by Crippen LogP contribution is 2.30. The fourth-order valence-electron chi connectivity index (χ4n) is 0.740. The van der Waals surface area contributed by atoms with Crippen LogP contribution in [0.5, 0.6) is 0 Å². The van der Waals surface area contributed by atoms with Crippen molar-refractivity contribution in [3.63, 3.8) is 0 Å². The first-order valence-corrected chi connectivity index (χ1v) is 4.80. The summed E-state index contributed by atoms with van der Waals surface area (Å²) in [4.78, 5) is 0. The molecular weight excluding hydrogens is 288 g/mol. The summed E-state index contributed by atoms with van der Waals surface area (Å²) >= 11 is 6.39. The third-order valence-electron chi connectivity index (χ3n) is 1.30. The molecule has 0 aromatic carbocycles. The number of rotatable bonds is 2. The zero-order valence-electron chi connectivity index (χ0n) is 6.05. The van der Waals surface area contributed by atoms with Gasteiger partial charge in [-0.3, -0.25) is 0 Å². The second-order valence-electron chi connectivity index (χ2n) is 2.19. The lowest BCUT2D eigenvalue weighted by Gasteiger charge is -2.00. The molecule has 64 valence electrons. The van der Waals surface area contributed by atoms with Gasteiger partial charge in [-0.1, -0.05) is 0 Å². The Hall–Kier alpha value is -0.240. The van der Waals surface area contributed by atoms with Gasteiger partial charge < -0.3 is 9.52 Å². The van der Waals surface area contributed by atoms with Gasteiger partial charge in [0, 0.05) is 6.42 Å². The van der Waals surface area contributed by atoms with Crippen LogP contribution in [-0.4, -0.2) is 5.11 Å². The molecule has 0 bridgehead atoms. The average molecular weight is 294 g/mol. The first kappa shape index (κ1) is 9.85. The van der Waals surface area contributed by atoms with Crippen molar-refractivity contribution in [3.05, 3.63) is 21.0 Å². The number of terminal acetylenes is 1. The lowest BCUT2D eigenvalue weighted by Crippen LogP contribution is -1.92. The van der Waals surface area contributed by atoms with Crippen LogP contribution in [0.3, 0.4) is 0 Å². The normalized spacial score (nSPS) is 12.5. The van der Waals surface area contributed by atoms with Crippen LogP contribution < -0.4 is 0 Å². The summed E-state index contributed by atoms with van der Waals surface area (Å²) in [7, 11) is 0. The lowest BCUT2D eigenvalue weighted by atomic mass is 10.2. The molecule has 0 saturated carbocycles. The average Bonchev–Trinajstić information content (AvgIpc) is 2.33. The van der Waals surface area contributed by atoms with E-state index in [4.69, 9.17) is 10.8 Å². The van der Waals surface area contributed by atoms with Gasteiger partial charge in [0.2, 0.25) is 0 Å². The van der Waals surface area contributed by atoms with Crippen LogP contribution in [-0.2, 0) is 0 Å². The van der Waals surface area contributed by atoms with Gasteiger partial charge in [0.15, 0.2) is 4.67 Å². The molecule has 1 N–H and O–H groups in total. The molecule has 4 heteroatoms. The Balaban J connectivity index is 2.83. The van der Waals surface area contributed by atoms with Gasteiger partial charge in [-0.05, 0) is 37.9 Å². The van der Waals surface area contributed by atoms with E-state index in [2.05, 4.69) is 37.8 Å². The zero-order chi connectivity index (χ0) is 9.14. The van der Waals surface area contributed by atoms with Gasteiger partial charge in [0.25, 0.3) is 0 Å². The van der Waals surface area contributed by atoms with E-state index in [1.165, 1.54) is 0 Å². The number of halogens is 2. The highest BCUT2D eigenvalue weighted by molar-refractivity contribution is 9.13. The van der Waals surface area contributed by atoms with Crippen LogP contribution >= 0.6 is 31.9 Å². The summed E-state index contributed by atoms with van der Waals surface area (Å²) in [5.74, 6) is 2.82. The molecule has 0 amide bonds. The number of aliphatic hydroxyl groups excluding tert-OH is 1. The monoisotopic (exact) mass is 292 g/mol. The predicted octanol–water partition coefficient (Wildman–Crippen LogP) is 2.86. The van der Waals surface area contributed by atoms with Crippen LogP contribution in [0.4, 0.5) is 0 Å². The molecule has 0 aliphatic rings. The first-order valence-electron chi connectivity index (χ1n) is 3.21. The van der Waals surface area contributed by atoms with Crippen molar-refractivity contribution in [1.82, 2.24) is 0 Å². The molecule has 0 aliphatic carbocycles. The van der Waals surface area contributed by atoms with Crippen molar-refractivity contribution >= 4 is 31.9 Å². The second kappa shape index (κ2) is 4.13. The number of furan rings is 1. The Bertz CT molecular complexity index is 292. The summed E-state index contributed by atoms with van der Waals surface area (Å²) in [5.41, 5.74) is 0. The summed E-state index contributed by atoms with van der Waals surface area (Å²) in [5, 5.41) is 9.38. The van der Waals surface area contributed by atoms with Crippen molar-refractivity contribution in [2.75, 3.05) is 0 Å². The molecular formula is C8H6Br2O2. The van der Waals surface area contributed by atoms with E-state index in [0.29, 0.717) is 10.4 Å². The SMILES string of the molecule is C#CCC(O)c1cc(Br)c(Br)o1. The van der Waals surface area contributed by atoms with Crippen molar-refractivity contribution < 1.29 is 9.52 Å². The zero-order valence-corrected chi connectivity index (χ0v) is 9.22. The lowest BCUT2D eigenvalue weighted by molar-refractivity contribution is 0.154. The van der Waals surface area contributed by atoms with E-state index >= 15 is 0 Å². The van der Waals surface area contributed by atoms with Gasteiger partial charge in [0.05, 0.1) is 4.47 Å². The Morgan fingerprint density at radius 3 is 2.75 bits per heavy atom. The molecule has 1 unspecified atom stereocenters. The number of aliphatic hydroxyl groups is 1. The molecule has 1 aromatic rings. The van der Waals surface area contributed by atoms with Crippen molar-refractivity contribution in [3.8, 4) is 12.3 Å². The summed E-state index contributed by atoms with van der Waals surface area (Å²) in [6, 6.07) is 1.69. The molecule has 0 fully saturated rings. The van der Waals surface area contributed by atoms with Crippen LogP contribution in [0.2, 0.25) is 0 Å². The van der Waals surface area contributed by atoms with Gasteiger partial charge in [-0.25, -0.2) is 0 Å². The summed E-state index contributed by atoms with van der Waals surface area (Å²) < 4.78 is 6.49. The third kappa shape index (κ3) is 2.13. The molecule has 1 heterocycles. The Kier molecular flexibility index (Phi) is 3.39. The molecule has 0 aliphatic heterocycles. The molecule has 2 nitrogen and oxygen atoms in total. The minimum Gasteiger partial charge on any atom is -0.450 e. The fraction of sp³-hybridized carbons (Fsp3) is 0.250.